The molecule has 12 nitrogen and oxygen atoms in total. The van der Waals surface area contributed by atoms with Crippen LogP contribution in [0, 0.1) is 11.6 Å². The van der Waals surface area contributed by atoms with Gasteiger partial charge in [0.25, 0.3) is 0 Å². The number of hydrogen-bond acceptors (Lipinski definition) is 9. The van der Waals surface area contributed by atoms with E-state index in [1.165, 1.54) is 55.4 Å². The van der Waals surface area contributed by atoms with E-state index in [0.29, 0.717) is 54.2 Å². The van der Waals surface area contributed by atoms with Crippen LogP contribution in [0.1, 0.15) is 18.9 Å². The molecule has 1 aliphatic heterocycles. The lowest BCUT2D eigenvalue weighted by Crippen LogP contribution is -2.42. The Labute approximate surface area is 265 Å². The quantitative estimate of drug-likeness (QED) is 0.229. The summed E-state index contributed by atoms with van der Waals surface area (Å²) in [5.41, 5.74) is -0.997. The highest BCUT2D eigenvalue weighted by atomic mass is 19.1. The monoisotopic (exact) mass is 646 g/mol. The van der Waals surface area contributed by atoms with Gasteiger partial charge in [-0.05, 0) is 61.4 Å². The number of anilines is 1. The Balaban J connectivity index is 1.25. The molecule has 6 rings (SSSR count). The van der Waals surface area contributed by atoms with E-state index in [-0.39, 0.29) is 23.2 Å². The van der Waals surface area contributed by atoms with Crippen molar-refractivity contribution in [1.82, 2.24) is 14.1 Å². The van der Waals surface area contributed by atoms with Gasteiger partial charge in [0.05, 0.1) is 31.6 Å². The van der Waals surface area contributed by atoms with Crippen LogP contribution in [0.15, 0.2) is 82.6 Å². The SMILES string of the molecule is COc1cc2nccc(Oc3ccc(NC(=O)Oc4cn(C5CCOCC5)c(=O)n(-c5ccc(F)cc5)c4=O)cc3F)c2cc1OC. The molecule has 5 aromatic rings. The number of nitrogens with zero attached hydrogens (tertiary/aromatic N) is 3. The van der Waals surface area contributed by atoms with Gasteiger partial charge in [0.15, 0.2) is 23.1 Å². The number of rotatable bonds is 8. The maximum atomic E-state index is 15.2. The van der Waals surface area contributed by atoms with Crippen molar-refractivity contribution in [3.63, 3.8) is 0 Å². The first-order valence-corrected chi connectivity index (χ1v) is 14.4. The number of methoxy groups -OCH3 is 2. The number of nitrogens with one attached hydrogen (secondary N) is 1. The molecule has 3 aromatic carbocycles. The predicted octanol–water partition coefficient (Wildman–Crippen LogP) is 5.60. The van der Waals surface area contributed by atoms with Gasteiger partial charge in [-0.1, -0.05) is 0 Å². The van der Waals surface area contributed by atoms with Crippen molar-refractivity contribution in [2.45, 2.75) is 18.9 Å². The van der Waals surface area contributed by atoms with Crippen molar-refractivity contribution >= 4 is 22.7 Å². The number of carbonyl (C=O) groups excluding carboxylic acids is 1. The van der Waals surface area contributed by atoms with Gasteiger partial charge in [0.2, 0.25) is 5.75 Å². The number of benzene rings is 3. The van der Waals surface area contributed by atoms with E-state index >= 15 is 4.39 Å². The molecule has 0 unspecified atom stereocenters. The Hall–Kier alpha value is -5.76. The fourth-order valence-electron chi connectivity index (χ4n) is 5.22. The summed E-state index contributed by atoms with van der Waals surface area (Å²) in [4.78, 5) is 44.0. The van der Waals surface area contributed by atoms with Crippen LogP contribution >= 0.6 is 0 Å². The van der Waals surface area contributed by atoms with Crippen LogP contribution in [0.2, 0.25) is 0 Å². The third kappa shape index (κ3) is 6.49. The number of halogens is 2. The topological polar surface area (TPSA) is 132 Å². The van der Waals surface area contributed by atoms with Gasteiger partial charge in [-0.2, -0.15) is 0 Å². The van der Waals surface area contributed by atoms with Gasteiger partial charge in [0.1, 0.15) is 11.6 Å². The molecule has 0 aliphatic carbocycles. The van der Waals surface area contributed by atoms with E-state index < -0.39 is 34.7 Å². The molecule has 14 heteroatoms. The zero-order valence-electron chi connectivity index (χ0n) is 25.2. The van der Waals surface area contributed by atoms with Gasteiger partial charge in [-0.3, -0.25) is 19.7 Å². The van der Waals surface area contributed by atoms with E-state index in [2.05, 4.69) is 10.3 Å². The van der Waals surface area contributed by atoms with E-state index in [4.69, 9.17) is 23.7 Å². The van der Waals surface area contributed by atoms with Crippen molar-refractivity contribution in [1.29, 1.82) is 0 Å². The molecule has 242 valence electrons. The standard InChI is InChI=1S/C33H28F2N4O8/c1-43-28-16-23-25(17-29(28)44-2)36-12-9-26(23)46-27-8-5-20(15-24(27)35)37-32(41)47-30-18-38(21-10-13-45-14-11-21)33(42)39(31(30)40)22-6-3-19(34)4-7-22/h3-9,12,15-18,21H,10-11,13-14H2,1-2H3,(H,37,41). The molecule has 0 saturated carbocycles. The van der Waals surface area contributed by atoms with Crippen LogP contribution < -0.4 is 35.5 Å². The summed E-state index contributed by atoms with van der Waals surface area (Å²) in [5.74, 6) is -0.769. The van der Waals surface area contributed by atoms with Crippen LogP contribution in [0.4, 0.5) is 19.3 Å². The summed E-state index contributed by atoms with van der Waals surface area (Å²) in [5, 5.41) is 2.93. The van der Waals surface area contributed by atoms with Crippen LogP contribution in [0.5, 0.6) is 28.7 Å². The molecule has 2 aromatic heterocycles. The minimum atomic E-state index is -1.11. The highest BCUT2D eigenvalue weighted by Crippen LogP contribution is 2.37. The third-order valence-corrected chi connectivity index (χ3v) is 7.56. The van der Waals surface area contributed by atoms with Gasteiger partial charge in [-0.15, -0.1) is 0 Å². The first-order valence-electron chi connectivity index (χ1n) is 14.4. The molecule has 0 spiro atoms. The van der Waals surface area contributed by atoms with Crippen LogP contribution in [-0.4, -0.2) is 47.6 Å². The van der Waals surface area contributed by atoms with Crippen molar-refractivity contribution < 1.29 is 37.3 Å². The first kappa shape index (κ1) is 31.2. The Morgan fingerprint density at radius 2 is 1.62 bits per heavy atom. The predicted molar refractivity (Wildman–Crippen MR) is 166 cm³/mol. The van der Waals surface area contributed by atoms with Gasteiger partial charge >= 0.3 is 17.3 Å². The second kappa shape index (κ2) is 13.3. The molecule has 1 amide bonds. The minimum absolute atomic E-state index is 0.00227. The highest BCUT2D eigenvalue weighted by Gasteiger charge is 2.23. The van der Waals surface area contributed by atoms with Gasteiger partial charge in [0, 0.05) is 48.7 Å². The Morgan fingerprint density at radius 1 is 0.894 bits per heavy atom. The molecule has 3 heterocycles. The molecule has 1 fully saturated rings. The number of hydrogen-bond donors (Lipinski definition) is 1. The number of ether oxygens (including phenoxy) is 5. The van der Waals surface area contributed by atoms with E-state index in [0.717, 1.165) is 22.8 Å². The van der Waals surface area contributed by atoms with Crippen LogP contribution in [0.3, 0.4) is 0 Å². The molecule has 0 atom stereocenters. The fraction of sp³-hybridized carbons (Fsp3) is 0.212. The Kier molecular flexibility index (Phi) is 8.84. The number of amides is 1. The van der Waals surface area contributed by atoms with Crippen LogP contribution in [-0.2, 0) is 4.74 Å². The lowest BCUT2D eigenvalue weighted by Gasteiger charge is -2.25. The van der Waals surface area contributed by atoms with E-state index in [9.17, 15) is 18.8 Å². The van der Waals surface area contributed by atoms with Crippen molar-refractivity contribution in [2.24, 2.45) is 0 Å². The molecule has 0 radical (unpaired) electrons. The molecule has 47 heavy (non-hydrogen) atoms. The van der Waals surface area contributed by atoms with Gasteiger partial charge < -0.3 is 23.7 Å². The fourth-order valence-corrected chi connectivity index (χ4v) is 5.22. The Morgan fingerprint density at radius 3 is 2.32 bits per heavy atom. The van der Waals surface area contributed by atoms with E-state index in [1.54, 1.807) is 18.2 Å². The number of aromatic nitrogens is 3. The summed E-state index contributed by atoms with van der Waals surface area (Å²) in [6, 6.07) is 13.0. The molecular weight excluding hydrogens is 618 g/mol. The molecular formula is C33H28F2N4O8. The lowest BCUT2D eigenvalue weighted by atomic mass is 10.1. The molecule has 1 aliphatic rings. The van der Waals surface area contributed by atoms with Gasteiger partial charge in [-0.25, -0.2) is 22.9 Å². The normalized spacial score (nSPS) is 13.3. The number of fused-ring (bicyclic) bond motifs is 1. The zero-order chi connectivity index (χ0) is 33.1. The summed E-state index contributed by atoms with van der Waals surface area (Å²) in [6.45, 7) is 0.796. The summed E-state index contributed by atoms with van der Waals surface area (Å²) in [6.07, 6.45) is 2.53. The van der Waals surface area contributed by atoms with E-state index in [1.807, 2.05) is 0 Å². The third-order valence-electron chi connectivity index (χ3n) is 7.56. The molecule has 1 N–H and O–H groups in total. The van der Waals surface area contributed by atoms with Crippen molar-refractivity contribution in [2.75, 3.05) is 32.8 Å². The number of carbonyl (C=O) groups is 1. The summed E-state index contributed by atoms with van der Waals surface area (Å²) in [7, 11) is 2.99. The van der Waals surface area contributed by atoms with Crippen molar-refractivity contribution in [3.05, 3.63) is 106 Å². The van der Waals surface area contributed by atoms with Crippen molar-refractivity contribution in [3.8, 4) is 34.4 Å². The molecule has 0 bridgehead atoms. The highest BCUT2D eigenvalue weighted by molar-refractivity contribution is 5.88. The average molecular weight is 647 g/mol. The zero-order valence-corrected chi connectivity index (χ0v) is 25.2. The first-order chi connectivity index (χ1) is 22.7. The minimum Gasteiger partial charge on any atom is -0.493 e. The Bertz CT molecular complexity index is 2080. The van der Waals surface area contributed by atoms with Crippen LogP contribution in [0.25, 0.3) is 16.6 Å². The number of pyridine rings is 1. The maximum Gasteiger partial charge on any atom is 0.417 e. The molecule has 1 saturated heterocycles. The second-order valence-electron chi connectivity index (χ2n) is 10.4. The largest absolute Gasteiger partial charge is 0.493 e. The maximum absolute atomic E-state index is 15.2. The lowest BCUT2D eigenvalue weighted by molar-refractivity contribution is 0.0678. The average Bonchev–Trinajstić information content (AvgIpc) is 3.08. The summed E-state index contributed by atoms with van der Waals surface area (Å²) < 4.78 is 58.2. The second-order valence-corrected chi connectivity index (χ2v) is 10.4. The summed E-state index contributed by atoms with van der Waals surface area (Å²) >= 11 is 0. The smallest absolute Gasteiger partial charge is 0.417 e.